The first-order valence-electron chi connectivity index (χ1n) is 11.8. The molecule has 0 aromatic heterocycles. The Balaban J connectivity index is 0. The molecule has 1 unspecified atom stereocenters. The number of rotatable bonds is 6. The van der Waals surface area contributed by atoms with Gasteiger partial charge in [0.05, 0.1) is 6.61 Å². The monoisotopic (exact) mass is 552 g/mol. The Morgan fingerprint density at radius 1 is 1.00 bits per heavy atom. The summed E-state index contributed by atoms with van der Waals surface area (Å²) in [5.74, 6) is 0.313. The van der Waals surface area contributed by atoms with Crippen LogP contribution in [0.5, 0.6) is 5.75 Å². The van der Waals surface area contributed by atoms with Crippen LogP contribution >= 0.6 is 0 Å². The van der Waals surface area contributed by atoms with Gasteiger partial charge in [-0.3, -0.25) is 4.79 Å². The van der Waals surface area contributed by atoms with E-state index < -0.39 is 18.2 Å². The van der Waals surface area contributed by atoms with Crippen molar-refractivity contribution >= 4 is 24.1 Å². The van der Waals surface area contributed by atoms with E-state index in [0.717, 1.165) is 29.7 Å². The van der Waals surface area contributed by atoms with Crippen molar-refractivity contribution in [3.63, 3.8) is 0 Å². The lowest BCUT2D eigenvalue weighted by Crippen LogP contribution is -2.29. The highest BCUT2D eigenvalue weighted by Gasteiger charge is 2.16. The van der Waals surface area contributed by atoms with Crippen LogP contribution in [0.2, 0.25) is 0 Å². The number of carbonyl (C=O) groups is 2. The molecule has 0 fully saturated rings. The van der Waals surface area contributed by atoms with Crippen LogP contribution in [0.15, 0.2) is 72.8 Å². The lowest BCUT2D eigenvalue weighted by molar-refractivity contribution is -0.124. The number of hydrogen-bond acceptors (Lipinski definition) is 6. The second kappa shape index (κ2) is 21.1. The molecule has 3 aromatic rings. The number of nitrogen functional groups attached to an aromatic ring is 1. The third-order valence-corrected chi connectivity index (χ3v) is 4.37. The number of benzene rings is 3. The van der Waals surface area contributed by atoms with Gasteiger partial charge in [-0.1, -0.05) is 48.5 Å². The zero-order valence-corrected chi connectivity index (χ0v) is 23.0. The number of nitrogens with two attached hydrogens (primary N) is 1. The van der Waals surface area contributed by atoms with Crippen LogP contribution in [0.1, 0.15) is 30.5 Å². The molecule has 1 amide bonds. The van der Waals surface area contributed by atoms with Crippen molar-refractivity contribution in [2.24, 2.45) is 0 Å². The van der Waals surface area contributed by atoms with Crippen LogP contribution in [-0.2, 0) is 16.0 Å². The SMILES string of the molecule is C=O.CC(F)(F)F.CCOc1cc(NC(=O)C(O)Cc2ccccc2)ccc1C.CO.Cc1cccc(N)c1. The van der Waals surface area contributed by atoms with Crippen LogP contribution in [0, 0.1) is 13.8 Å². The quantitative estimate of drug-likeness (QED) is 0.300. The van der Waals surface area contributed by atoms with Gasteiger partial charge in [0.15, 0.2) is 0 Å². The summed E-state index contributed by atoms with van der Waals surface area (Å²) < 4.78 is 36.6. The minimum Gasteiger partial charge on any atom is -0.494 e. The molecule has 0 aliphatic rings. The molecule has 5 N–H and O–H groups in total. The van der Waals surface area contributed by atoms with Crippen LogP contribution in [0.3, 0.4) is 0 Å². The number of hydrogen-bond donors (Lipinski definition) is 4. The van der Waals surface area contributed by atoms with E-state index in [1.54, 1.807) is 12.1 Å². The molecular formula is C29H39F3N2O5. The molecule has 10 heteroatoms. The van der Waals surface area contributed by atoms with Gasteiger partial charge in [0.1, 0.15) is 18.6 Å². The van der Waals surface area contributed by atoms with Gasteiger partial charge < -0.3 is 30.8 Å². The summed E-state index contributed by atoms with van der Waals surface area (Å²) in [6.45, 7) is 8.63. The summed E-state index contributed by atoms with van der Waals surface area (Å²) in [4.78, 5) is 20.1. The fourth-order valence-electron chi connectivity index (χ4n) is 2.81. The van der Waals surface area contributed by atoms with Crippen LogP contribution < -0.4 is 15.8 Å². The Kier molecular flexibility index (Phi) is 20.1. The van der Waals surface area contributed by atoms with Crippen molar-refractivity contribution in [1.82, 2.24) is 0 Å². The van der Waals surface area contributed by atoms with Gasteiger partial charge >= 0.3 is 6.18 Å². The number of carbonyl (C=O) groups excluding carboxylic acids is 2. The summed E-state index contributed by atoms with van der Waals surface area (Å²) in [6.07, 6.45) is -4.80. The Hall–Kier alpha value is -3.89. The Labute approximate surface area is 228 Å². The average Bonchev–Trinajstić information content (AvgIpc) is 2.88. The minimum atomic E-state index is -4.00. The lowest BCUT2D eigenvalue weighted by Gasteiger charge is -2.13. The largest absolute Gasteiger partial charge is 0.494 e. The highest BCUT2D eigenvalue weighted by atomic mass is 19.4. The fourth-order valence-corrected chi connectivity index (χ4v) is 2.81. The fraction of sp³-hybridized carbons (Fsp3) is 0.310. The number of ether oxygens (including phenoxy) is 1. The summed E-state index contributed by atoms with van der Waals surface area (Å²) in [6, 6.07) is 22.7. The normalized spacial score (nSPS) is 10.3. The van der Waals surface area contributed by atoms with Gasteiger partial charge in [-0.15, -0.1) is 0 Å². The Bertz CT molecular complexity index is 1040. The number of aliphatic hydroxyl groups is 2. The molecule has 0 radical (unpaired) electrons. The molecule has 3 aromatic carbocycles. The summed E-state index contributed by atoms with van der Waals surface area (Å²) >= 11 is 0. The second-order valence-corrected chi connectivity index (χ2v) is 7.80. The number of amides is 1. The molecule has 0 spiro atoms. The van der Waals surface area contributed by atoms with Gasteiger partial charge in [-0.25, -0.2) is 0 Å². The van der Waals surface area contributed by atoms with E-state index in [9.17, 15) is 23.1 Å². The maximum atomic E-state index is 12.1. The van der Waals surface area contributed by atoms with Crippen molar-refractivity contribution in [2.75, 3.05) is 24.8 Å². The topological polar surface area (TPSA) is 122 Å². The average molecular weight is 553 g/mol. The van der Waals surface area contributed by atoms with Gasteiger partial charge in [0.25, 0.3) is 5.91 Å². The molecule has 0 heterocycles. The molecule has 1 atom stereocenters. The van der Waals surface area contributed by atoms with Gasteiger partial charge in [0, 0.05) is 37.9 Å². The number of halogens is 3. The van der Waals surface area contributed by atoms with Crippen molar-refractivity contribution in [3.05, 3.63) is 89.5 Å². The molecular weight excluding hydrogens is 513 g/mol. The van der Waals surface area contributed by atoms with Crippen molar-refractivity contribution in [2.45, 2.75) is 46.4 Å². The molecule has 216 valence electrons. The minimum absolute atomic E-state index is 0.188. The highest BCUT2D eigenvalue weighted by Crippen LogP contribution is 2.23. The molecule has 0 saturated heterocycles. The van der Waals surface area contributed by atoms with Crippen molar-refractivity contribution < 1.29 is 37.7 Å². The van der Waals surface area contributed by atoms with Crippen molar-refractivity contribution in [1.29, 1.82) is 0 Å². The van der Waals surface area contributed by atoms with E-state index in [1.165, 1.54) is 5.56 Å². The third-order valence-electron chi connectivity index (χ3n) is 4.37. The van der Waals surface area contributed by atoms with Gasteiger partial charge in [-0.05, 0) is 55.7 Å². The maximum Gasteiger partial charge on any atom is 0.386 e. The number of aliphatic hydroxyl groups excluding tert-OH is 2. The second-order valence-electron chi connectivity index (χ2n) is 7.80. The van der Waals surface area contributed by atoms with Crippen LogP contribution in [0.25, 0.3) is 0 Å². The molecule has 7 nitrogen and oxygen atoms in total. The first kappa shape index (κ1) is 37.3. The number of anilines is 2. The molecule has 0 saturated carbocycles. The number of aryl methyl sites for hydroxylation is 2. The molecule has 39 heavy (non-hydrogen) atoms. The smallest absolute Gasteiger partial charge is 0.386 e. The van der Waals surface area contributed by atoms with Gasteiger partial charge in [0.2, 0.25) is 0 Å². The first-order chi connectivity index (χ1) is 18.4. The predicted octanol–water partition coefficient (Wildman–Crippen LogP) is 5.51. The van der Waals surface area contributed by atoms with E-state index >= 15 is 0 Å². The number of nitrogens with one attached hydrogen (secondary N) is 1. The standard InChI is InChI=1S/C18H21NO3.C7H9N.C2H3F3.CH4O.CH2O/c1-3-22-17-12-15(10-9-13(17)2)19-18(21)16(20)11-14-7-5-4-6-8-14;1-6-3-2-4-7(8)5-6;1-2(3,4)5;2*1-2/h4-10,12,16,20H,3,11H2,1-2H3,(H,19,21);2-5H,8H2,1H3;1H3;2H,1H3;1H2. The molecule has 3 rings (SSSR count). The molecule has 0 aliphatic heterocycles. The summed E-state index contributed by atoms with van der Waals surface area (Å²) in [5.41, 5.74) is 10.1. The first-order valence-corrected chi connectivity index (χ1v) is 11.8. The van der Waals surface area contributed by atoms with E-state index in [2.05, 4.69) is 5.32 Å². The number of alkyl halides is 3. The highest BCUT2D eigenvalue weighted by molar-refractivity contribution is 5.94. The van der Waals surface area contributed by atoms with Crippen LogP contribution in [0.4, 0.5) is 24.5 Å². The summed E-state index contributed by atoms with van der Waals surface area (Å²) in [7, 11) is 1.00. The van der Waals surface area contributed by atoms with Crippen LogP contribution in [-0.4, -0.2) is 48.9 Å². The Morgan fingerprint density at radius 2 is 1.56 bits per heavy atom. The van der Waals surface area contributed by atoms with E-state index in [0.29, 0.717) is 12.3 Å². The zero-order chi connectivity index (χ0) is 30.4. The predicted molar refractivity (Wildman–Crippen MR) is 150 cm³/mol. The van der Waals surface area contributed by atoms with E-state index in [4.69, 9.17) is 20.4 Å². The lowest BCUT2D eigenvalue weighted by atomic mass is 10.1. The van der Waals surface area contributed by atoms with E-state index in [1.807, 2.05) is 88.2 Å². The third kappa shape index (κ3) is 19.8. The van der Waals surface area contributed by atoms with Crippen molar-refractivity contribution in [3.8, 4) is 5.75 Å². The molecule has 0 bridgehead atoms. The van der Waals surface area contributed by atoms with E-state index in [-0.39, 0.29) is 13.3 Å². The van der Waals surface area contributed by atoms with Gasteiger partial charge in [-0.2, -0.15) is 13.2 Å². The summed E-state index contributed by atoms with van der Waals surface area (Å²) in [5, 5.41) is 19.7. The molecule has 0 aliphatic carbocycles. The zero-order valence-electron chi connectivity index (χ0n) is 23.0. The Morgan fingerprint density at radius 3 is 2.03 bits per heavy atom. The maximum absolute atomic E-state index is 12.1.